The lowest BCUT2D eigenvalue weighted by atomic mass is 10.1. The van der Waals surface area contributed by atoms with Crippen molar-refractivity contribution in [3.63, 3.8) is 0 Å². The molecule has 2 aromatic rings. The molecule has 0 aliphatic carbocycles. The first-order valence-corrected chi connectivity index (χ1v) is 9.97. The smallest absolute Gasteiger partial charge is 0.246 e. The number of fused-ring (bicyclic) bond motifs is 1. The Morgan fingerprint density at radius 3 is 2.80 bits per heavy atom. The summed E-state index contributed by atoms with van der Waals surface area (Å²) in [5.74, 6) is -0.122. The molecule has 132 valence electrons. The number of hydrogen-bond donors (Lipinski definition) is 1. The van der Waals surface area contributed by atoms with Crippen LogP contribution < -0.4 is 5.32 Å². The number of rotatable bonds is 5. The van der Waals surface area contributed by atoms with Crippen LogP contribution >= 0.6 is 38.5 Å². The van der Waals surface area contributed by atoms with Crippen molar-refractivity contribution >= 4 is 61.2 Å². The number of aryl methyl sites for hydroxylation is 1. The molecular weight excluding hydrogens is 497 g/mol. The number of nitrogens with one attached hydrogen (secondary N) is 1. The van der Waals surface area contributed by atoms with Crippen LogP contribution in [0.5, 0.6) is 0 Å². The number of amides is 2. The van der Waals surface area contributed by atoms with Gasteiger partial charge in [-0.05, 0) is 52.8 Å². The number of nitrogens with zero attached hydrogens (tertiary/aromatic N) is 2. The quantitative estimate of drug-likeness (QED) is 0.491. The molecule has 1 aromatic carbocycles. The summed E-state index contributed by atoms with van der Waals surface area (Å²) < 4.78 is 4.20. The molecule has 0 atom stereocenters. The zero-order chi connectivity index (χ0) is 18.1. The van der Waals surface area contributed by atoms with Gasteiger partial charge < -0.3 is 14.8 Å². The maximum absolute atomic E-state index is 12.4. The summed E-state index contributed by atoms with van der Waals surface area (Å²) in [6.07, 6.45) is 4.22. The summed E-state index contributed by atoms with van der Waals surface area (Å²) in [7, 11) is 0. The van der Waals surface area contributed by atoms with Crippen molar-refractivity contribution in [3.8, 4) is 0 Å². The normalized spacial score (nSPS) is 14.4. The van der Waals surface area contributed by atoms with Crippen LogP contribution in [0.2, 0.25) is 0 Å². The van der Waals surface area contributed by atoms with Gasteiger partial charge in [0.25, 0.3) is 0 Å². The third-order valence-electron chi connectivity index (χ3n) is 4.40. The first-order valence-electron chi connectivity index (χ1n) is 8.10. The van der Waals surface area contributed by atoms with Crippen molar-refractivity contribution in [2.75, 3.05) is 13.1 Å². The highest BCUT2D eigenvalue weighted by Gasteiger charge is 2.30. The molecular formula is C18H19BrIN3O2. The van der Waals surface area contributed by atoms with Gasteiger partial charge in [0.1, 0.15) is 6.54 Å². The fourth-order valence-electron chi connectivity index (χ4n) is 3.15. The predicted molar refractivity (Wildman–Crippen MR) is 110 cm³/mol. The molecule has 1 saturated heterocycles. The number of halogens is 2. The van der Waals surface area contributed by atoms with Crippen LogP contribution in [-0.2, 0) is 22.6 Å². The summed E-state index contributed by atoms with van der Waals surface area (Å²) in [5, 5.41) is 4.16. The third-order valence-corrected chi connectivity index (χ3v) is 5.71. The van der Waals surface area contributed by atoms with Crippen LogP contribution in [0.25, 0.3) is 10.9 Å². The lowest BCUT2D eigenvalue weighted by Gasteiger charge is -2.38. The van der Waals surface area contributed by atoms with Crippen molar-refractivity contribution in [1.29, 1.82) is 0 Å². The Morgan fingerprint density at radius 2 is 2.16 bits per heavy atom. The molecule has 1 aliphatic rings. The van der Waals surface area contributed by atoms with Gasteiger partial charge in [0, 0.05) is 32.7 Å². The van der Waals surface area contributed by atoms with E-state index in [1.807, 2.05) is 10.8 Å². The molecule has 0 unspecified atom stereocenters. The molecule has 0 bridgehead atoms. The zero-order valence-electron chi connectivity index (χ0n) is 13.9. The van der Waals surface area contributed by atoms with E-state index < -0.39 is 0 Å². The molecule has 2 heterocycles. The summed E-state index contributed by atoms with van der Waals surface area (Å²) in [4.78, 5) is 25.5. The largest absolute Gasteiger partial charge is 0.348 e. The molecule has 3 rings (SSSR count). The van der Waals surface area contributed by atoms with Crippen molar-refractivity contribution in [2.45, 2.75) is 25.9 Å². The van der Waals surface area contributed by atoms with E-state index in [1.165, 1.54) is 11.6 Å². The van der Waals surface area contributed by atoms with Crippen LogP contribution in [0, 0.1) is 3.57 Å². The monoisotopic (exact) mass is 515 g/mol. The number of hydrogen-bond acceptors (Lipinski definition) is 2. The van der Waals surface area contributed by atoms with Gasteiger partial charge in [-0.2, -0.15) is 0 Å². The van der Waals surface area contributed by atoms with Crippen molar-refractivity contribution in [2.24, 2.45) is 0 Å². The fraction of sp³-hybridized carbons (Fsp3) is 0.333. The number of likely N-dealkylation sites (tertiary alicyclic amines) is 1. The highest BCUT2D eigenvalue weighted by molar-refractivity contribution is 14.1. The predicted octanol–water partition coefficient (Wildman–Crippen LogP) is 3.08. The van der Waals surface area contributed by atoms with Gasteiger partial charge in [-0.1, -0.05) is 29.4 Å². The molecule has 1 aliphatic heterocycles. The second-order valence-electron chi connectivity index (χ2n) is 6.13. The van der Waals surface area contributed by atoms with Crippen LogP contribution in [0.15, 0.2) is 35.5 Å². The molecule has 1 N–H and O–H groups in total. The number of carbonyl (C=O) groups is 2. The van der Waals surface area contributed by atoms with Gasteiger partial charge in [-0.3, -0.25) is 9.59 Å². The number of benzene rings is 1. The molecule has 7 heteroatoms. The molecule has 25 heavy (non-hydrogen) atoms. The maximum Gasteiger partial charge on any atom is 0.246 e. The number of aromatic nitrogens is 1. The highest BCUT2D eigenvalue weighted by Crippen LogP contribution is 2.30. The fourth-order valence-corrected chi connectivity index (χ4v) is 4.40. The van der Waals surface area contributed by atoms with E-state index >= 15 is 0 Å². The van der Waals surface area contributed by atoms with Gasteiger partial charge in [-0.25, -0.2) is 0 Å². The Kier molecular flexibility index (Phi) is 5.52. The average molecular weight is 516 g/mol. The molecule has 2 amide bonds. The summed E-state index contributed by atoms with van der Waals surface area (Å²) >= 11 is 5.87. The van der Waals surface area contributed by atoms with E-state index in [-0.39, 0.29) is 24.4 Å². The second-order valence-corrected chi connectivity index (χ2v) is 8.21. The van der Waals surface area contributed by atoms with Crippen LogP contribution in [0.1, 0.15) is 12.5 Å². The minimum atomic E-state index is -0.0883. The summed E-state index contributed by atoms with van der Waals surface area (Å²) in [6, 6.07) is 4.23. The van der Waals surface area contributed by atoms with Crippen molar-refractivity contribution in [3.05, 3.63) is 44.6 Å². The van der Waals surface area contributed by atoms with Crippen LogP contribution in [-0.4, -0.2) is 40.4 Å². The topological polar surface area (TPSA) is 54.3 Å². The van der Waals surface area contributed by atoms with Crippen molar-refractivity contribution < 1.29 is 9.59 Å². The van der Waals surface area contributed by atoms with E-state index in [9.17, 15) is 9.59 Å². The van der Waals surface area contributed by atoms with Crippen molar-refractivity contribution in [1.82, 2.24) is 14.8 Å². The molecule has 0 saturated carbocycles. The van der Waals surface area contributed by atoms with E-state index in [0.717, 1.165) is 25.4 Å². The highest BCUT2D eigenvalue weighted by atomic mass is 127. The lowest BCUT2D eigenvalue weighted by Crippen LogP contribution is -2.61. The first kappa shape index (κ1) is 18.4. The van der Waals surface area contributed by atoms with E-state index in [0.29, 0.717) is 13.1 Å². The molecule has 0 spiro atoms. The minimum Gasteiger partial charge on any atom is -0.348 e. The number of carbonyl (C=O) groups excluding carboxylic acids is 2. The minimum absolute atomic E-state index is 0.0251. The Bertz CT molecular complexity index is 856. The van der Waals surface area contributed by atoms with Gasteiger partial charge in [0.05, 0.1) is 11.6 Å². The molecule has 5 nitrogen and oxygen atoms in total. The molecule has 1 aromatic heterocycles. The zero-order valence-corrected chi connectivity index (χ0v) is 17.6. The standard InChI is InChI=1S/C18H19BrIN3O2/c1-3-11-5-12(19)6-14-15(20)9-23(18(11)14)10-16(24)21-13-7-22(8-13)17(25)4-2/h4-6,9,13H,2-3,7-8,10H2,1H3,(H,21,24). The summed E-state index contributed by atoms with van der Waals surface area (Å²) in [6.45, 7) is 6.97. The lowest BCUT2D eigenvalue weighted by molar-refractivity contribution is -0.133. The van der Waals surface area contributed by atoms with Gasteiger partial charge in [-0.15, -0.1) is 0 Å². The maximum atomic E-state index is 12.4. The second kappa shape index (κ2) is 7.49. The molecule has 1 fully saturated rings. The van der Waals surface area contributed by atoms with E-state index in [4.69, 9.17) is 0 Å². The van der Waals surface area contributed by atoms with E-state index in [1.54, 1.807) is 4.90 Å². The van der Waals surface area contributed by atoms with Gasteiger partial charge in [0.2, 0.25) is 11.8 Å². The first-order chi connectivity index (χ1) is 11.9. The average Bonchev–Trinajstić information content (AvgIpc) is 2.84. The van der Waals surface area contributed by atoms with E-state index in [2.05, 4.69) is 69.5 Å². The van der Waals surface area contributed by atoms with Crippen LogP contribution in [0.3, 0.4) is 0 Å². The van der Waals surface area contributed by atoms with Gasteiger partial charge >= 0.3 is 0 Å². The Hall–Kier alpha value is -1.35. The SMILES string of the molecule is C=CC(=O)N1CC(NC(=O)Cn2cc(I)c3cc(Br)cc(CC)c32)C1. The Labute approximate surface area is 168 Å². The Balaban J connectivity index is 1.72. The van der Waals surface area contributed by atoms with Crippen LogP contribution in [0.4, 0.5) is 0 Å². The Morgan fingerprint density at radius 1 is 1.44 bits per heavy atom. The van der Waals surface area contributed by atoms with Gasteiger partial charge in [0.15, 0.2) is 0 Å². The summed E-state index contributed by atoms with van der Waals surface area (Å²) in [5.41, 5.74) is 2.33. The third kappa shape index (κ3) is 3.76. The molecule has 0 radical (unpaired) electrons.